The van der Waals surface area contributed by atoms with Gasteiger partial charge in [-0.25, -0.2) is 19.4 Å². The van der Waals surface area contributed by atoms with Gasteiger partial charge in [-0.15, -0.1) is 0 Å². The molecule has 0 atom stereocenters. The predicted octanol–water partition coefficient (Wildman–Crippen LogP) is 5.60. The fraction of sp³-hybridized carbons (Fsp3) is 0.115. The van der Waals surface area contributed by atoms with Crippen molar-refractivity contribution in [2.24, 2.45) is 0 Å². The van der Waals surface area contributed by atoms with Crippen molar-refractivity contribution in [2.45, 2.75) is 12.7 Å². The summed E-state index contributed by atoms with van der Waals surface area (Å²) in [7, 11) is 1.59. The van der Waals surface area contributed by atoms with E-state index in [1.165, 1.54) is 21.9 Å². The minimum atomic E-state index is -4.55. The molecule has 0 saturated carbocycles. The topological polar surface area (TPSA) is 80.0 Å². The number of benzene rings is 1. The molecule has 6 rings (SSSR count). The van der Waals surface area contributed by atoms with Crippen LogP contribution in [0, 0.1) is 0 Å². The maximum absolute atomic E-state index is 13.5. The number of carbonyl (C=O) groups excluding carboxylic acids is 1. The van der Waals surface area contributed by atoms with Crippen LogP contribution in [0.2, 0.25) is 0 Å². The van der Waals surface area contributed by atoms with Crippen LogP contribution in [0.25, 0.3) is 28.1 Å². The smallest absolute Gasteiger partial charge is 0.323 e. The number of hydrogen-bond acceptors (Lipinski definition) is 5. The Morgan fingerprint density at radius 1 is 0.973 bits per heavy atom. The van der Waals surface area contributed by atoms with Gasteiger partial charge in [0.25, 0.3) is 0 Å². The SMILES string of the molecule is CN1Cc2cnc3ccc(-c4ccc(-n5cccn5)nc4)nc3c2N(c2cccc(C(F)(F)F)c2)C1=O. The number of carbonyl (C=O) groups is 1. The molecule has 0 N–H and O–H groups in total. The van der Waals surface area contributed by atoms with Gasteiger partial charge in [-0.1, -0.05) is 6.07 Å². The molecule has 8 nitrogen and oxygen atoms in total. The van der Waals surface area contributed by atoms with Gasteiger partial charge in [0.2, 0.25) is 0 Å². The number of hydrogen-bond donors (Lipinski definition) is 0. The van der Waals surface area contributed by atoms with Crippen molar-refractivity contribution in [1.82, 2.24) is 29.6 Å². The third-order valence-electron chi connectivity index (χ3n) is 6.13. The first-order chi connectivity index (χ1) is 17.8. The quantitative estimate of drug-likeness (QED) is 0.322. The summed E-state index contributed by atoms with van der Waals surface area (Å²) in [5, 5.41) is 4.17. The summed E-state index contributed by atoms with van der Waals surface area (Å²) in [4.78, 5) is 29.7. The van der Waals surface area contributed by atoms with E-state index in [2.05, 4.69) is 15.1 Å². The number of fused-ring (bicyclic) bond motifs is 3. The number of alkyl halides is 3. The highest BCUT2D eigenvalue weighted by atomic mass is 19.4. The molecule has 0 fully saturated rings. The molecular formula is C26H18F3N7O. The molecule has 0 radical (unpaired) electrons. The van der Waals surface area contributed by atoms with E-state index in [4.69, 9.17) is 4.98 Å². The number of anilines is 2. The van der Waals surface area contributed by atoms with Gasteiger partial charge in [-0.2, -0.15) is 18.3 Å². The number of urea groups is 1. The van der Waals surface area contributed by atoms with Crippen molar-refractivity contribution in [3.8, 4) is 17.1 Å². The van der Waals surface area contributed by atoms with Crippen LogP contribution in [0.4, 0.5) is 29.3 Å². The Morgan fingerprint density at radius 3 is 2.57 bits per heavy atom. The van der Waals surface area contributed by atoms with Crippen LogP contribution >= 0.6 is 0 Å². The van der Waals surface area contributed by atoms with E-state index < -0.39 is 17.8 Å². The highest BCUT2D eigenvalue weighted by Crippen LogP contribution is 2.40. The molecule has 1 aromatic carbocycles. The van der Waals surface area contributed by atoms with Gasteiger partial charge in [-0.3, -0.25) is 9.88 Å². The molecule has 4 aromatic heterocycles. The van der Waals surface area contributed by atoms with E-state index in [0.717, 1.165) is 17.7 Å². The second kappa shape index (κ2) is 8.40. The summed E-state index contributed by atoms with van der Waals surface area (Å²) < 4.78 is 42.0. The van der Waals surface area contributed by atoms with Crippen molar-refractivity contribution in [3.63, 3.8) is 0 Å². The maximum atomic E-state index is 13.5. The normalized spacial score (nSPS) is 13.8. The second-order valence-electron chi connectivity index (χ2n) is 8.57. The monoisotopic (exact) mass is 501 g/mol. The molecule has 5 heterocycles. The average molecular weight is 501 g/mol. The zero-order chi connectivity index (χ0) is 25.7. The lowest BCUT2D eigenvalue weighted by molar-refractivity contribution is -0.137. The minimum absolute atomic E-state index is 0.0950. The molecule has 0 spiro atoms. The second-order valence-corrected chi connectivity index (χ2v) is 8.57. The molecule has 0 aliphatic carbocycles. The predicted molar refractivity (Wildman–Crippen MR) is 130 cm³/mol. The lowest BCUT2D eigenvalue weighted by atomic mass is 10.1. The standard InChI is InChI=1S/C26H18F3N7O/c1-34-15-17-14-30-21-8-7-20(16-6-9-22(31-13-16)35-11-3-10-32-35)33-23(21)24(17)36(25(34)37)19-5-2-4-18(12-19)26(27,28)29/h2-14H,15H2,1H3. The zero-order valence-electron chi connectivity index (χ0n) is 19.4. The summed E-state index contributed by atoms with van der Waals surface area (Å²) in [6, 6.07) is 13.3. The Bertz CT molecular complexity index is 1630. The Hall–Kier alpha value is -4.80. The minimum Gasteiger partial charge on any atom is -0.323 e. The van der Waals surface area contributed by atoms with Crippen molar-refractivity contribution in [3.05, 3.63) is 90.5 Å². The molecular weight excluding hydrogens is 483 g/mol. The first-order valence-electron chi connectivity index (χ1n) is 11.3. The summed E-state index contributed by atoms with van der Waals surface area (Å²) in [5.74, 6) is 0.637. The Balaban J connectivity index is 1.50. The first kappa shape index (κ1) is 22.7. The van der Waals surface area contributed by atoms with Gasteiger partial charge < -0.3 is 4.90 Å². The van der Waals surface area contributed by atoms with E-state index in [9.17, 15) is 18.0 Å². The summed E-state index contributed by atoms with van der Waals surface area (Å²) >= 11 is 0. The molecule has 2 amide bonds. The maximum Gasteiger partial charge on any atom is 0.416 e. The lowest BCUT2D eigenvalue weighted by Gasteiger charge is -2.35. The summed E-state index contributed by atoms with van der Waals surface area (Å²) in [5.41, 5.74) is 2.56. The molecule has 37 heavy (non-hydrogen) atoms. The Kier molecular flexibility index (Phi) is 5.14. The third kappa shape index (κ3) is 3.94. The van der Waals surface area contributed by atoms with E-state index in [0.29, 0.717) is 33.8 Å². The number of amides is 2. The van der Waals surface area contributed by atoms with E-state index >= 15 is 0 Å². The molecule has 1 aliphatic rings. The van der Waals surface area contributed by atoms with Crippen LogP contribution in [-0.2, 0) is 12.7 Å². The molecule has 184 valence electrons. The number of rotatable bonds is 3. The largest absolute Gasteiger partial charge is 0.416 e. The van der Waals surface area contributed by atoms with E-state index in [-0.39, 0.29) is 12.2 Å². The lowest BCUT2D eigenvalue weighted by Crippen LogP contribution is -2.42. The molecule has 5 aromatic rings. The van der Waals surface area contributed by atoms with Gasteiger partial charge in [0.15, 0.2) is 5.82 Å². The summed E-state index contributed by atoms with van der Waals surface area (Å²) in [6.45, 7) is 0.249. The van der Waals surface area contributed by atoms with Crippen LogP contribution in [0.3, 0.4) is 0 Å². The number of halogens is 3. The van der Waals surface area contributed by atoms with Crippen LogP contribution < -0.4 is 4.90 Å². The van der Waals surface area contributed by atoms with Gasteiger partial charge >= 0.3 is 12.2 Å². The molecule has 11 heteroatoms. The van der Waals surface area contributed by atoms with Crippen molar-refractivity contribution in [2.75, 3.05) is 11.9 Å². The molecule has 0 bridgehead atoms. The van der Waals surface area contributed by atoms with Crippen LogP contribution in [-0.4, -0.2) is 42.7 Å². The Labute approximate surface area is 208 Å². The fourth-order valence-electron chi connectivity index (χ4n) is 4.34. The van der Waals surface area contributed by atoms with Crippen LogP contribution in [0.5, 0.6) is 0 Å². The van der Waals surface area contributed by atoms with Gasteiger partial charge in [-0.05, 0) is 48.5 Å². The van der Waals surface area contributed by atoms with Crippen molar-refractivity contribution in [1.29, 1.82) is 0 Å². The van der Waals surface area contributed by atoms with E-state index in [1.807, 2.05) is 6.07 Å². The molecule has 0 unspecified atom stereocenters. The molecule has 1 aliphatic heterocycles. The Morgan fingerprint density at radius 2 is 1.84 bits per heavy atom. The van der Waals surface area contributed by atoms with Crippen LogP contribution in [0.1, 0.15) is 11.1 Å². The van der Waals surface area contributed by atoms with Gasteiger partial charge in [0, 0.05) is 43.0 Å². The fourth-order valence-corrected chi connectivity index (χ4v) is 4.34. The number of pyridine rings is 3. The number of aromatic nitrogens is 5. The zero-order valence-corrected chi connectivity index (χ0v) is 19.4. The van der Waals surface area contributed by atoms with E-state index in [1.54, 1.807) is 60.8 Å². The average Bonchev–Trinajstić information content (AvgIpc) is 3.44. The third-order valence-corrected chi connectivity index (χ3v) is 6.13. The number of nitrogens with zero attached hydrogens (tertiary/aromatic N) is 7. The van der Waals surface area contributed by atoms with Gasteiger partial charge in [0.1, 0.15) is 5.52 Å². The van der Waals surface area contributed by atoms with Crippen molar-refractivity contribution >= 4 is 28.4 Å². The summed E-state index contributed by atoms with van der Waals surface area (Å²) in [6.07, 6.45) is 2.18. The first-order valence-corrected chi connectivity index (χ1v) is 11.3. The highest BCUT2D eigenvalue weighted by Gasteiger charge is 2.35. The van der Waals surface area contributed by atoms with Crippen molar-refractivity contribution < 1.29 is 18.0 Å². The van der Waals surface area contributed by atoms with Crippen LogP contribution in [0.15, 0.2) is 79.4 Å². The van der Waals surface area contributed by atoms with Gasteiger partial charge in [0.05, 0.1) is 34.7 Å². The molecule has 0 saturated heterocycles. The highest BCUT2D eigenvalue weighted by molar-refractivity contribution is 6.08.